The molecule has 30 heavy (non-hydrogen) atoms. The molecule has 1 amide bonds. The van der Waals surface area contributed by atoms with Crippen molar-refractivity contribution in [1.29, 1.82) is 0 Å². The van der Waals surface area contributed by atoms with E-state index in [0.717, 1.165) is 24.5 Å². The summed E-state index contributed by atoms with van der Waals surface area (Å²) in [6.45, 7) is 1.37. The van der Waals surface area contributed by atoms with E-state index in [1.807, 2.05) is 23.2 Å². The number of aromatic nitrogens is 2. The van der Waals surface area contributed by atoms with Crippen LogP contribution in [0.25, 0.3) is 11.3 Å². The fourth-order valence-electron chi connectivity index (χ4n) is 3.83. The fourth-order valence-corrected chi connectivity index (χ4v) is 3.83. The van der Waals surface area contributed by atoms with Crippen molar-refractivity contribution in [1.82, 2.24) is 14.9 Å². The van der Waals surface area contributed by atoms with Crippen molar-refractivity contribution in [3.8, 4) is 11.3 Å². The molecular formula is C23H22F2N4O. The second-order valence-electron chi connectivity index (χ2n) is 7.59. The van der Waals surface area contributed by atoms with Crippen LogP contribution in [0.5, 0.6) is 0 Å². The van der Waals surface area contributed by atoms with Gasteiger partial charge >= 0.3 is 0 Å². The molecule has 0 aliphatic carbocycles. The number of rotatable bonds is 5. The maximum absolute atomic E-state index is 14.1. The number of benzene rings is 1. The molecule has 4 rings (SSSR count). The van der Waals surface area contributed by atoms with E-state index in [4.69, 9.17) is 5.73 Å². The van der Waals surface area contributed by atoms with Crippen molar-refractivity contribution in [2.45, 2.75) is 19.3 Å². The van der Waals surface area contributed by atoms with Crippen LogP contribution in [0, 0.1) is 17.6 Å². The zero-order valence-electron chi connectivity index (χ0n) is 16.4. The molecule has 7 heteroatoms. The summed E-state index contributed by atoms with van der Waals surface area (Å²) in [5, 5.41) is 0. The van der Waals surface area contributed by atoms with Gasteiger partial charge in [-0.1, -0.05) is 6.07 Å². The average Bonchev–Trinajstić information content (AvgIpc) is 3.19. The first-order chi connectivity index (χ1) is 14.5. The standard InChI is InChI=1S/C23H22F2N4O/c24-17-3-4-18(19(25)11-17)21-6-5-20(26)22(28-21)12-23(30)29-9-7-16(14-29)10-15-2-1-8-27-13-15/h1-6,8,11,13,16H,7,9-10,12,14,26H2. The third-order valence-electron chi connectivity index (χ3n) is 5.42. The molecule has 1 aliphatic rings. The third kappa shape index (κ3) is 4.45. The molecule has 2 aromatic heterocycles. The van der Waals surface area contributed by atoms with Crippen molar-refractivity contribution >= 4 is 11.6 Å². The van der Waals surface area contributed by atoms with Crippen molar-refractivity contribution in [2.24, 2.45) is 5.92 Å². The zero-order valence-corrected chi connectivity index (χ0v) is 16.4. The number of hydrogen-bond donors (Lipinski definition) is 1. The van der Waals surface area contributed by atoms with E-state index < -0.39 is 11.6 Å². The first kappa shape index (κ1) is 19.9. The maximum Gasteiger partial charge on any atom is 0.228 e. The van der Waals surface area contributed by atoms with Crippen LogP contribution >= 0.6 is 0 Å². The number of amides is 1. The van der Waals surface area contributed by atoms with Gasteiger partial charge in [0.15, 0.2) is 0 Å². The lowest BCUT2D eigenvalue weighted by Crippen LogP contribution is -2.30. The number of likely N-dealkylation sites (tertiary alicyclic amines) is 1. The predicted molar refractivity (Wildman–Crippen MR) is 110 cm³/mol. The molecule has 1 fully saturated rings. The van der Waals surface area contributed by atoms with E-state index >= 15 is 0 Å². The van der Waals surface area contributed by atoms with Crippen molar-refractivity contribution in [3.63, 3.8) is 0 Å². The lowest BCUT2D eigenvalue weighted by Gasteiger charge is -2.17. The summed E-state index contributed by atoms with van der Waals surface area (Å²) in [6.07, 6.45) is 5.47. The fraction of sp³-hybridized carbons (Fsp3) is 0.261. The van der Waals surface area contributed by atoms with Crippen molar-refractivity contribution in [2.75, 3.05) is 18.8 Å². The van der Waals surface area contributed by atoms with E-state index in [0.29, 0.717) is 36.1 Å². The molecule has 1 atom stereocenters. The van der Waals surface area contributed by atoms with Crippen LogP contribution in [0.15, 0.2) is 54.9 Å². The van der Waals surface area contributed by atoms with E-state index in [-0.39, 0.29) is 17.9 Å². The van der Waals surface area contributed by atoms with Gasteiger partial charge in [-0.3, -0.25) is 14.8 Å². The summed E-state index contributed by atoms with van der Waals surface area (Å²) in [6, 6.07) is 10.4. The second kappa shape index (κ2) is 8.57. The molecular weight excluding hydrogens is 386 g/mol. The number of anilines is 1. The van der Waals surface area contributed by atoms with Gasteiger partial charge in [0.1, 0.15) is 11.6 Å². The van der Waals surface area contributed by atoms with Gasteiger partial charge in [-0.25, -0.2) is 8.78 Å². The average molecular weight is 408 g/mol. The molecule has 3 heterocycles. The molecule has 0 bridgehead atoms. The Labute approximate surface area is 173 Å². The summed E-state index contributed by atoms with van der Waals surface area (Å²) in [5.41, 5.74) is 8.44. The van der Waals surface area contributed by atoms with Gasteiger partial charge in [-0.15, -0.1) is 0 Å². The number of nitrogens with two attached hydrogens (primary N) is 1. The molecule has 0 spiro atoms. The summed E-state index contributed by atoms with van der Waals surface area (Å²) >= 11 is 0. The lowest BCUT2D eigenvalue weighted by molar-refractivity contribution is -0.129. The number of pyridine rings is 2. The van der Waals surface area contributed by atoms with E-state index in [9.17, 15) is 13.6 Å². The third-order valence-corrected chi connectivity index (χ3v) is 5.42. The van der Waals surface area contributed by atoms with Crippen LogP contribution < -0.4 is 5.73 Å². The molecule has 0 saturated carbocycles. The van der Waals surface area contributed by atoms with Gasteiger partial charge in [0.25, 0.3) is 0 Å². The molecule has 1 aromatic carbocycles. The minimum atomic E-state index is -0.706. The Kier molecular flexibility index (Phi) is 5.70. The van der Waals surface area contributed by atoms with Crippen LogP contribution in [0.2, 0.25) is 0 Å². The molecule has 1 unspecified atom stereocenters. The van der Waals surface area contributed by atoms with Gasteiger partial charge in [0.05, 0.1) is 23.5 Å². The number of hydrogen-bond acceptors (Lipinski definition) is 4. The molecule has 0 radical (unpaired) electrons. The highest BCUT2D eigenvalue weighted by atomic mass is 19.1. The summed E-state index contributed by atoms with van der Waals surface area (Å²) in [5.74, 6) is -1.03. The first-order valence-electron chi connectivity index (χ1n) is 9.87. The van der Waals surface area contributed by atoms with Gasteiger partial charge in [-0.2, -0.15) is 0 Å². The van der Waals surface area contributed by atoms with Crippen LogP contribution in [0.4, 0.5) is 14.5 Å². The number of carbonyl (C=O) groups is 1. The van der Waals surface area contributed by atoms with Crippen LogP contribution in [0.1, 0.15) is 17.7 Å². The largest absolute Gasteiger partial charge is 0.397 e. The first-order valence-corrected chi connectivity index (χ1v) is 9.87. The molecule has 154 valence electrons. The number of carbonyl (C=O) groups excluding carboxylic acids is 1. The quantitative estimate of drug-likeness (QED) is 0.700. The van der Waals surface area contributed by atoms with Crippen molar-refractivity contribution < 1.29 is 13.6 Å². The maximum atomic E-state index is 14.1. The zero-order chi connectivity index (χ0) is 21.1. The van der Waals surface area contributed by atoms with Gasteiger partial charge in [0, 0.05) is 37.1 Å². The Morgan fingerprint density at radius 2 is 2.07 bits per heavy atom. The Balaban J connectivity index is 1.44. The highest BCUT2D eigenvalue weighted by molar-refractivity contribution is 5.80. The lowest BCUT2D eigenvalue weighted by atomic mass is 10.00. The molecule has 3 aromatic rings. The number of nitrogen functional groups attached to an aromatic ring is 1. The minimum Gasteiger partial charge on any atom is -0.397 e. The highest BCUT2D eigenvalue weighted by Crippen LogP contribution is 2.25. The number of nitrogens with zero attached hydrogens (tertiary/aromatic N) is 3. The van der Waals surface area contributed by atoms with Gasteiger partial charge < -0.3 is 10.6 Å². The molecule has 2 N–H and O–H groups in total. The molecule has 1 saturated heterocycles. The Bertz CT molecular complexity index is 1060. The Hall–Kier alpha value is -3.35. The number of halogens is 2. The van der Waals surface area contributed by atoms with Crippen LogP contribution in [-0.4, -0.2) is 33.9 Å². The monoisotopic (exact) mass is 408 g/mol. The molecule has 1 aliphatic heterocycles. The highest BCUT2D eigenvalue weighted by Gasteiger charge is 2.27. The van der Waals surface area contributed by atoms with E-state index in [1.54, 1.807) is 18.3 Å². The smallest absolute Gasteiger partial charge is 0.228 e. The predicted octanol–water partition coefficient (Wildman–Crippen LogP) is 3.64. The summed E-state index contributed by atoms with van der Waals surface area (Å²) in [7, 11) is 0. The Morgan fingerprint density at radius 1 is 1.20 bits per heavy atom. The minimum absolute atomic E-state index is 0.0437. The van der Waals surface area contributed by atoms with Crippen LogP contribution in [0.3, 0.4) is 0 Å². The second-order valence-corrected chi connectivity index (χ2v) is 7.59. The summed E-state index contributed by atoms with van der Waals surface area (Å²) < 4.78 is 27.3. The topological polar surface area (TPSA) is 72.1 Å². The van der Waals surface area contributed by atoms with Gasteiger partial charge in [-0.05, 0) is 54.7 Å². The van der Waals surface area contributed by atoms with E-state index in [2.05, 4.69) is 9.97 Å². The molecule has 5 nitrogen and oxygen atoms in total. The van der Waals surface area contributed by atoms with E-state index in [1.165, 1.54) is 12.1 Å². The normalized spacial score (nSPS) is 16.1. The summed E-state index contributed by atoms with van der Waals surface area (Å²) in [4.78, 5) is 23.2. The Morgan fingerprint density at radius 3 is 2.83 bits per heavy atom. The van der Waals surface area contributed by atoms with Gasteiger partial charge in [0.2, 0.25) is 5.91 Å². The SMILES string of the molecule is Nc1ccc(-c2ccc(F)cc2F)nc1CC(=O)N1CCC(Cc2cccnc2)C1. The van der Waals surface area contributed by atoms with Crippen molar-refractivity contribution in [3.05, 3.63) is 77.8 Å². The van der Waals surface area contributed by atoms with Crippen LogP contribution in [-0.2, 0) is 17.6 Å².